The molecule has 0 spiro atoms. The third-order valence-corrected chi connectivity index (χ3v) is 6.55. The molecule has 35 heavy (non-hydrogen) atoms. The average Bonchev–Trinajstić information content (AvgIpc) is 2.84. The number of benzene rings is 1. The van der Waals surface area contributed by atoms with Crippen LogP contribution in [-0.4, -0.2) is 54.2 Å². The Morgan fingerprint density at radius 3 is 2.31 bits per heavy atom. The van der Waals surface area contributed by atoms with Gasteiger partial charge in [0, 0.05) is 17.9 Å². The van der Waals surface area contributed by atoms with Crippen LogP contribution in [0.3, 0.4) is 0 Å². The second-order valence-corrected chi connectivity index (χ2v) is 9.43. The number of aldehydes is 1. The number of hydrogen-bond donors (Lipinski definition) is 3. The number of carboxylic acid groups (broad SMARTS) is 1. The van der Waals surface area contributed by atoms with Crippen molar-refractivity contribution in [3.63, 3.8) is 0 Å². The van der Waals surface area contributed by atoms with E-state index in [0.29, 0.717) is 30.4 Å². The van der Waals surface area contributed by atoms with Gasteiger partial charge in [-0.3, -0.25) is 19.2 Å². The molecule has 192 valence electrons. The average molecular weight is 489 g/mol. The number of ether oxygens (including phenoxy) is 1. The molecule has 1 aromatic rings. The highest BCUT2D eigenvalue weighted by atomic mass is 16.5. The van der Waals surface area contributed by atoms with Crippen LogP contribution in [0.25, 0.3) is 0 Å². The van der Waals surface area contributed by atoms with Crippen LogP contribution in [0, 0.1) is 17.8 Å². The normalized spacial score (nSPS) is 19.3. The van der Waals surface area contributed by atoms with Crippen molar-refractivity contribution < 1.29 is 33.8 Å². The Balaban J connectivity index is 1.99. The van der Waals surface area contributed by atoms with Crippen LogP contribution in [0.5, 0.6) is 5.75 Å². The zero-order chi connectivity index (χ0) is 26.0. The maximum atomic E-state index is 13.1. The molecule has 0 bridgehead atoms. The number of carbonyl (C=O) groups is 5. The van der Waals surface area contributed by atoms with Gasteiger partial charge >= 0.3 is 5.97 Å². The number of methoxy groups -OCH3 is 1. The van der Waals surface area contributed by atoms with Gasteiger partial charge in [0.2, 0.25) is 5.91 Å². The molecule has 9 heteroatoms. The quantitative estimate of drug-likeness (QED) is 0.363. The summed E-state index contributed by atoms with van der Waals surface area (Å²) < 4.78 is 5.11. The van der Waals surface area contributed by atoms with Crippen molar-refractivity contribution in [1.82, 2.24) is 10.6 Å². The van der Waals surface area contributed by atoms with E-state index in [1.165, 1.54) is 0 Å². The summed E-state index contributed by atoms with van der Waals surface area (Å²) in [6.45, 7) is 3.74. The van der Waals surface area contributed by atoms with Crippen molar-refractivity contribution in [3.05, 3.63) is 29.8 Å². The van der Waals surface area contributed by atoms with Gasteiger partial charge in [0.15, 0.2) is 5.78 Å². The zero-order valence-corrected chi connectivity index (χ0v) is 20.6. The molecule has 4 unspecified atom stereocenters. The molecule has 3 N–H and O–H groups in total. The topological polar surface area (TPSA) is 139 Å². The summed E-state index contributed by atoms with van der Waals surface area (Å²) in [7, 11) is 1.54. The van der Waals surface area contributed by atoms with Crippen molar-refractivity contribution in [2.75, 3.05) is 7.11 Å². The molecule has 1 aliphatic carbocycles. The Labute approximate surface area is 206 Å². The lowest BCUT2D eigenvalue weighted by Gasteiger charge is -2.31. The minimum Gasteiger partial charge on any atom is -0.497 e. The maximum Gasteiger partial charge on any atom is 0.305 e. The van der Waals surface area contributed by atoms with Gasteiger partial charge < -0.3 is 25.3 Å². The van der Waals surface area contributed by atoms with Crippen LogP contribution < -0.4 is 15.4 Å². The van der Waals surface area contributed by atoms with E-state index in [9.17, 15) is 24.0 Å². The van der Waals surface area contributed by atoms with E-state index in [2.05, 4.69) is 10.6 Å². The maximum absolute atomic E-state index is 13.1. The largest absolute Gasteiger partial charge is 0.497 e. The Bertz CT molecular complexity index is 897. The fraction of sp³-hybridized carbons (Fsp3) is 0.577. The van der Waals surface area contributed by atoms with Crippen LogP contribution in [0.4, 0.5) is 0 Å². The molecule has 9 nitrogen and oxygen atoms in total. The van der Waals surface area contributed by atoms with E-state index in [-0.39, 0.29) is 41.8 Å². The molecule has 2 rings (SSSR count). The lowest BCUT2D eigenvalue weighted by molar-refractivity contribution is -0.139. The third kappa shape index (κ3) is 8.49. The molecule has 2 amide bonds. The molecule has 0 aromatic heterocycles. The zero-order valence-electron chi connectivity index (χ0n) is 20.6. The van der Waals surface area contributed by atoms with E-state index in [1.54, 1.807) is 31.4 Å². The lowest BCUT2D eigenvalue weighted by atomic mass is 9.75. The number of nitrogens with one attached hydrogen (secondary N) is 2. The molecule has 4 atom stereocenters. The van der Waals surface area contributed by atoms with E-state index >= 15 is 0 Å². The minimum absolute atomic E-state index is 0.0464. The molecule has 1 fully saturated rings. The van der Waals surface area contributed by atoms with Crippen molar-refractivity contribution in [2.24, 2.45) is 17.8 Å². The summed E-state index contributed by atoms with van der Waals surface area (Å²) in [6.07, 6.45) is 3.89. The summed E-state index contributed by atoms with van der Waals surface area (Å²) in [4.78, 5) is 60.6. The van der Waals surface area contributed by atoms with Gasteiger partial charge in [0.05, 0.1) is 25.6 Å². The smallest absolute Gasteiger partial charge is 0.305 e. The first-order chi connectivity index (χ1) is 16.7. The van der Waals surface area contributed by atoms with Crippen LogP contribution in [0.15, 0.2) is 24.3 Å². The number of aliphatic carboxylic acids is 1. The molecular formula is C26H36N2O7. The van der Waals surface area contributed by atoms with E-state index < -0.39 is 24.5 Å². The van der Waals surface area contributed by atoms with Crippen molar-refractivity contribution >= 4 is 29.9 Å². The Morgan fingerprint density at radius 2 is 1.74 bits per heavy atom. The minimum atomic E-state index is -1.16. The van der Waals surface area contributed by atoms with Crippen LogP contribution >= 0.6 is 0 Å². The first-order valence-electron chi connectivity index (χ1n) is 12.1. The Hall–Kier alpha value is -3.23. The first-order valence-corrected chi connectivity index (χ1v) is 12.1. The first kappa shape index (κ1) is 28.0. The highest BCUT2D eigenvalue weighted by Crippen LogP contribution is 2.34. The number of carboxylic acids is 1. The molecule has 0 aliphatic heterocycles. The number of Topliss-reactive ketones (excluding diaryl/α,β-unsaturated/α-hetero) is 1. The summed E-state index contributed by atoms with van der Waals surface area (Å²) in [6, 6.07) is 4.91. The van der Waals surface area contributed by atoms with Crippen molar-refractivity contribution in [2.45, 2.75) is 70.9 Å². The van der Waals surface area contributed by atoms with Gasteiger partial charge in [-0.15, -0.1) is 0 Å². The Kier molecular flexibility index (Phi) is 10.9. The van der Waals surface area contributed by atoms with Crippen LogP contribution in [-0.2, 0) is 19.2 Å². The predicted octanol–water partition coefficient (Wildman–Crippen LogP) is 2.76. The molecule has 1 aromatic carbocycles. The molecular weight excluding hydrogens is 452 g/mol. The molecule has 0 radical (unpaired) electrons. The lowest BCUT2D eigenvalue weighted by Crippen LogP contribution is -2.45. The summed E-state index contributed by atoms with van der Waals surface area (Å²) in [5, 5.41) is 14.3. The Morgan fingerprint density at radius 1 is 1.09 bits per heavy atom. The number of ketones is 1. The highest BCUT2D eigenvalue weighted by molar-refractivity contribution is 5.98. The second-order valence-electron chi connectivity index (χ2n) is 9.43. The standard InChI is InChI=1S/C26H36N2O7/c1-16(2)24(28-25(33)18-8-11-20(35-3)12-9-18)22(30)13-10-17-6-4-5-7-21(17)26(34)27-19(15-29)14-23(31)32/h8-9,11-12,15-17,19,21,24H,4-7,10,13-14H2,1-3H3,(H,27,34)(H,28,33)(H,31,32). The SMILES string of the molecule is COc1ccc(C(=O)NC(C(=O)CCC2CCCCC2C(=O)NC(C=O)CC(=O)O)C(C)C)cc1. The van der Waals surface area contributed by atoms with Gasteiger partial charge in [-0.05, 0) is 55.4 Å². The van der Waals surface area contributed by atoms with Gasteiger partial charge in [-0.25, -0.2) is 0 Å². The highest BCUT2D eigenvalue weighted by Gasteiger charge is 2.33. The summed E-state index contributed by atoms with van der Waals surface area (Å²) in [5.74, 6) is -1.84. The molecule has 0 heterocycles. The van der Waals surface area contributed by atoms with Crippen molar-refractivity contribution in [1.29, 1.82) is 0 Å². The van der Waals surface area contributed by atoms with E-state index in [1.807, 2.05) is 13.8 Å². The van der Waals surface area contributed by atoms with Crippen molar-refractivity contribution in [3.8, 4) is 5.75 Å². The number of hydrogen-bond acceptors (Lipinski definition) is 6. The number of rotatable bonds is 13. The predicted molar refractivity (Wildman–Crippen MR) is 129 cm³/mol. The van der Waals surface area contributed by atoms with E-state index in [0.717, 1.165) is 19.3 Å². The number of carbonyl (C=O) groups excluding carboxylic acids is 4. The van der Waals surface area contributed by atoms with Gasteiger partial charge in [0.25, 0.3) is 5.91 Å². The molecule has 1 aliphatic rings. The fourth-order valence-corrected chi connectivity index (χ4v) is 4.58. The molecule has 0 saturated heterocycles. The third-order valence-electron chi connectivity index (χ3n) is 6.55. The summed E-state index contributed by atoms with van der Waals surface area (Å²) in [5.41, 5.74) is 0.430. The monoisotopic (exact) mass is 488 g/mol. The van der Waals surface area contributed by atoms with Crippen LogP contribution in [0.2, 0.25) is 0 Å². The fourth-order valence-electron chi connectivity index (χ4n) is 4.58. The van der Waals surface area contributed by atoms with Crippen LogP contribution in [0.1, 0.15) is 69.2 Å². The van der Waals surface area contributed by atoms with E-state index in [4.69, 9.17) is 9.84 Å². The van der Waals surface area contributed by atoms with Gasteiger partial charge in [0.1, 0.15) is 12.0 Å². The molecule has 1 saturated carbocycles. The van der Waals surface area contributed by atoms with Gasteiger partial charge in [-0.1, -0.05) is 26.7 Å². The van der Waals surface area contributed by atoms with Gasteiger partial charge in [-0.2, -0.15) is 0 Å². The summed E-state index contributed by atoms with van der Waals surface area (Å²) >= 11 is 0. The second kappa shape index (κ2) is 13.6. The number of amides is 2.